The number of carbonyl (C=O) groups excluding carboxylic acids is 5. The van der Waals surface area contributed by atoms with E-state index in [1.807, 2.05) is 44.2 Å². The number of hydrogen-bond donors (Lipinski definition) is 4. The highest BCUT2D eigenvalue weighted by atomic mass is 16.3. The molecule has 0 spiro atoms. The molecule has 0 aliphatic heterocycles. The Kier molecular flexibility index (Phi) is 13.7. The van der Waals surface area contributed by atoms with Crippen molar-refractivity contribution in [2.45, 2.75) is 91.3 Å². The average molecular weight is 518 g/mol. The van der Waals surface area contributed by atoms with Crippen LogP contribution in [0.4, 0.5) is 0 Å². The third kappa shape index (κ3) is 11.7. The Bertz CT molecular complexity index is 918. The van der Waals surface area contributed by atoms with Crippen LogP contribution in [0.2, 0.25) is 0 Å². The summed E-state index contributed by atoms with van der Waals surface area (Å²) in [6, 6.07) is 7.71. The molecule has 1 aromatic rings. The maximum absolute atomic E-state index is 13.3. The highest BCUT2D eigenvalue weighted by Crippen LogP contribution is 2.18. The predicted octanol–water partition coefficient (Wildman–Crippen LogP) is 2.08. The number of carbonyl (C=O) groups is 5. The Morgan fingerprint density at radius 1 is 0.946 bits per heavy atom. The van der Waals surface area contributed by atoms with Crippen molar-refractivity contribution in [2.24, 2.45) is 23.5 Å². The van der Waals surface area contributed by atoms with Crippen LogP contribution in [0.1, 0.15) is 72.3 Å². The second kappa shape index (κ2) is 15.9. The SMILES string of the molecule is CCC(O)C(CCC(N)=O)NC(=O)[C@H](C)CC(=O)[C@H](Cc1ccccc1)NC(=O)[C@@H](CC(C)=O)C(C)C. The summed E-state index contributed by atoms with van der Waals surface area (Å²) in [5.74, 6) is -3.14. The second-order valence-electron chi connectivity index (χ2n) is 10.2. The molecule has 5 N–H and O–H groups in total. The van der Waals surface area contributed by atoms with E-state index in [1.165, 1.54) is 6.92 Å². The number of primary amides is 1. The Hall–Kier alpha value is -3.07. The van der Waals surface area contributed by atoms with E-state index in [-0.39, 0.29) is 55.5 Å². The molecule has 0 aromatic heterocycles. The first-order valence-corrected chi connectivity index (χ1v) is 13.0. The third-order valence-corrected chi connectivity index (χ3v) is 6.50. The Labute approximate surface area is 220 Å². The number of ketones is 2. The molecule has 0 aliphatic rings. The number of benzene rings is 1. The summed E-state index contributed by atoms with van der Waals surface area (Å²) in [6.45, 7) is 8.50. The molecule has 2 unspecified atom stereocenters. The van der Waals surface area contributed by atoms with Crippen molar-refractivity contribution in [3.8, 4) is 0 Å². The van der Waals surface area contributed by atoms with Crippen molar-refractivity contribution in [1.29, 1.82) is 0 Å². The molecule has 5 atom stereocenters. The molecule has 206 valence electrons. The number of aliphatic hydroxyl groups is 1. The van der Waals surface area contributed by atoms with E-state index in [0.717, 1.165) is 5.56 Å². The number of amides is 3. The molecule has 0 bridgehead atoms. The van der Waals surface area contributed by atoms with Gasteiger partial charge in [0.1, 0.15) is 5.78 Å². The highest BCUT2D eigenvalue weighted by Gasteiger charge is 2.31. The van der Waals surface area contributed by atoms with Gasteiger partial charge in [0.05, 0.1) is 18.2 Å². The van der Waals surface area contributed by atoms with Gasteiger partial charge in [0.15, 0.2) is 5.78 Å². The summed E-state index contributed by atoms with van der Waals surface area (Å²) < 4.78 is 0. The molecule has 9 heteroatoms. The van der Waals surface area contributed by atoms with Crippen molar-refractivity contribution in [3.05, 3.63) is 35.9 Å². The van der Waals surface area contributed by atoms with Crippen LogP contribution in [0, 0.1) is 17.8 Å². The van der Waals surface area contributed by atoms with Gasteiger partial charge in [-0.2, -0.15) is 0 Å². The Balaban J connectivity index is 3.00. The van der Waals surface area contributed by atoms with Gasteiger partial charge in [-0.3, -0.25) is 19.2 Å². The normalized spacial score (nSPS) is 15.2. The lowest BCUT2D eigenvalue weighted by molar-refractivity contribution is -0.134. The summed E-state index contributed by atoms with van der Waals surface area (Å²) in [7, 11) is 0. The van der Waals surface area contributed by atoms with Gasteiger partial charge in [0.25, 0.3) is 0 Å². The van der Waals surface area contributed by atoms with E-state index in [9.17, 15) is 29.1 Å². The van der Waals surface area contributed by atoms with E-state index in [1.54, 1.807) is 13.8 Å². The van der Waals surface area contributed by atoms with Crippen LogP contribution in [0.3, 0.4) is 0 Å². The molecular formula is C28H43N3O6. The second-order valence-corrected chi connectivity index (χ2v) is 10.2. The maximum Gasteiger partial charge on any atom is 0.224 e. The number of hydrogen-bond acceptors (Lipinski definition) is 6. The molecule has 0 aliphatic carbocycles. The van der Waals surface area contributed by atoms with Gasteiger partial charge >= 0.3 is 0 Å². The average Bonchev–Trinajstić information content (AvgIpc) is 2.83. The van der Waals surface area contributed by atoms with Gasteiger partial charge in [0.2, 0.25) is 17.7 Å². The standard InChI is InChI=1S/C28H43N3O6/c1-6-24(33)22(12-13-26(29)35)30-27(36)18(4)14-25(34)23(16-20-10-8-7-9-11-20)31-28(37)21(17(2)3)15-19(5)32/h7-11,17-18,21-24,33H,6,12-16H2,1-5H3,(H2,29,35)(H,30,36)(H,31,37)/t18-,21+,22?,23+,24?/m1/s1. The topological polar surface area (TPSA) is 156 Å². The first-order chi connectivity index (χ1) is 17.3. The molecule has 0 saturated carbocycles. The fraction of sp³-hybridized carbons (Fsp3) is 0.607. The molecule has 0 radical (unpaired) electrons. The van der Waals surface area contributed by atoms with Crippen LogP contribution in [-0.4, -0.2) is 52.6 Å². The highest BCUT2D eigenvalue weighted by molar-refractivity contribution is 5.94. The predicted molar refractivity (Wildman–Crippen MR) is 141 cm³/mol. The quantitative estimate of drug-likeness (QED) is 0.248. The molecule has 9 nitrogen and oxygen atoms in total. The zero-order chi connectivity index (χ0) is 28.1. The molecule has 37 heavy (non-hydrogen) atoms. The van der Waals surface area contributed by atoms with E-state index < -0.39 is 41.8 Å². The molecular weight excluding hydrogens is 474 g/mol. The van der Waals surface area contributed by atoms with Crippen LogP contribution >= 0.6 is 0 Å². The van der Waals surface area contributed by atoms with Gasteiger partial charge in [0, 0.05) is 31.1 Å². The van der Waals surface area contributed by atoms with Gasteiger partial charge in [-0.1, -0.05) is 58.0 Å². The van der Waals surface area contributed by atoms with Crippen LogP contribution in [0.15, 0.2) is 30.3 Å². The van der Waals surface area contributed by atoms with Crippen molar-refractivity contribution >= 4 is 29.3 Å². The van der Waals surface area contributed by atoms with E-state index >= 15 is 0 Å². The summed E-state index contributed by atoms with van der Waals surface area (Å²) in [6.07, 6.45) is -0.0759. The van der Waals surface area contributed by atoms with Crippen LogP contribution in [-0.2, 0) is 30.4 Å². The lowest BCUT2D eigenvalue weighted by Crippen LogP contribution is -2.48. The van der Waals surface area contributed by atoms with E-state index in [4.69, 9.17) is 5.73 Å². The largest absolute Gasteiger partial charge is 0.391 e. The zero-order valence-electron chi connectivity index (χ0n) is 22.7. The minimum absolute atomic E-state index is 0.0117. The first kappa shape index (κ1) is 32.0. The lowest BCUT2D eigenvalue weighted by Gasteiger charge is -2.26. The molecule has 1 rings (SSSR count). The van der Waals surface area contributed by atoms with E-state index in [2.05, 4.69) is 10.6 Å². The van der Waals surface area contributed by atoms with Crippen molar-refractivity contribution in [2.75, 3.05) is 0 Å². The minimum atomic E-state index is -0.870. The number of aliphatic hydroxyl groups excluding tert-OH is 1. The van der Waals surface area contributed by atoms with Gasteiger partial charge in [-0.05, 0) is 37.7 Å². The molecule has 3 amide bonds. The third-order valence-electron chi connectivity index (χ3n) is 6.50. The molecule has 0 saturated heterocycles. The van der Waals surface area contributed by atoms with Crippen LogP contribution < -0.4 is 16.4 Å². The summed E-state index contributed by atoms with van der Waals surface area (Å²) in [5, 5.41) is 15.8. The van der Waals surface area contributed by atoms with Crippen molar-refractivity contribution < 1.29 is 29.1 Å². The van der Waals surface area contributed by atoms with Gasteiger partial charge < -0.3 is 26.3 Å². The minimum Gasteiger partial charge on any atom is -0.391 e. The Morgan fingerprint density at radius 3 is 2.08 bits per heavy atom. The van der Waals surface area contributed by atoms with Crippen LogP contribution in [0.5, 0.6) is 0 Å². The van der Waals surface area contributed by atoms with Crippen LogP contribution in [0.25, 0.3) is 0 Å². The monoisotopic (exact) mass is 517 g/mol. The zero-order valence-corrected chi connectivity index (χ0v) is 22.7. The molecule has 0 fully saturated rings. The fourth-order valence-corrected chi connectivity index (χ4v) is 4.12. The number of Topliss-reactive ketones (excluding diaryl/α,β-unsaturated/α-hetero) is 2. The smallest absolute Gasteiger partial charge is 0.224 e. The number of rotatable bonds is 17. The lowest BCUT2D eigenvalue weighted by atomic mass is 9.88. The molecule has 0 heterocycles. The molecule has 1 aromatic carbocycles. The summed E-state index contributed by atoms with van der Waals surface area (Å²) in [5.41, 5.74) is 6.06. The van der Waals surface area contributed by atoms with Crippen molar-refractivity contribution in [3.63, 3.8) is 0 Å². The number of nitrogens with one attached hydrogen (secondary N) is 2. The number of nitrogens with two attached hydrogens (primary N) is 1. The van der Waals surface area contributed by atoms with E-state index in [0.29, 0.717) is 6.42 Å². The fourth-order valence-electron chi connectivity index (χ4n) is 4.12. The van der Waals surface area contributed by atoms with Gasteiger partial charge in [-0.25, -0.2) is 0 Å². The van der Waals surface area contributed by atoms with Crippen molar-refractivity contribution in [1.82, 2.24) is 10.6 Å². The van der Waals surface area contributed by atoms with Gasteiger partial charge in [-0.15, -0.1) is 0 Å². The first-order valence-electron chi connectivity index (χ1n) is 13.0. The summed E-state index contributed by atoms with van der Waals surface area (Å²) >= 11 is 0. The summed E-state index contributed by atoms with van der Waals surface area (Å²) in [4.78, 5) is 62.1. The Morgan fingerprint density at radius 2 is 1.57 bits per heavy atom. The maximum atomic E-state index is 13.3.